The fourth-order valence-electron chi connectivity index (χ4n) is 4.02. The Balaban J connectivity index is 0.000000384. The molecular formula is C27H18F2N2O7S. The average Bonchev–Trinajstić information content (AvgIpc) is 3.73. The first-order valence-electron chi connectivity index (χ1n) is 11.4. The number of carbonyl (C=O) groups excluding carboxylic acids is 2. The first kappa shape index (κ1) is 25.9. The Kier molecular flexibility index (Phi) is 7.30. The molecule has 0 radical (unpaired) electrons. The number of rotatable bonds is 7. The molecule has 2 aromatic carbocycles. The first-order chi connectivity index (χ1) is 18.9. The summed E-state index contributed by atoms with van der Waals surface area (Å²) in [5.41, 5.74) is 2.40. The van der Waals surface area contributed by atoms with Crippen molar-refractivity contribution in [3.63, 3.8) is 0 Å². The van der Waals surface area contributed by atoms with Gasteiger partial charge in [0, 0.05) is 17.6 Å². The molecule has 0 saturated heterocycles. The molecule has 6 rings (SSSR count). The molecule has 0 saturated carbocycles. The van der Waals surface area contributed by atoms with Crippen molar-refractivity contribution >= 4 is 40.6 Å². The molecule has 0 spiro atoms. The largest absolute Gasteiger partial charge is 0.469 e. The fourth-order valence-corrected chi connectivity index (χ4v) is 4.54. The number of ether oxygens (including phenoxy) is 2. The number of benzene rings is 2. The van der Waals surface area contributed by atoms with Gasteiger partial charge in [-0.2, -0.15) is 17.5 Å². The van der Waals surface area contributed by atoms with Crippen LogP contribution in [-0.4, -0.2) is 32.7 Å². The van der Waals surface area contributed by atoms with Crippen LogP contribution in [0.2, 0.25) is 0 Å². The van der Waals surface area contributed by atoms with E-state index in [1.54, 1.807) is 42.5 Å². The number of halogens is 2. The third-order valence-corrected chi connectivity index (χ3v) is 6.32. The van der Waals surface area contributed by atoms with Crippen LogP contribution in [0, 0.1) is 0 Å². The molecule has 12 heteroatoms. The molecule has 0 aliphatic carbocycles. The van der Waals surface area contributed by atoms with E-state index in [-0.39, 0.29) is 28.9 Å². The number of alkyl halides is 2. The van der Waals surface area contributed by atoms with E-state index in [1.165, 1.54) is 36.8 Å². The summed E-state index contributed by atoms with van der Waals surface area (Å²) < 4.78 is 53.2. The number of carbonyl (C=O) groups is 2. The lowest BCUT2D eigenvalue weighted by atomic mass is 9.89. The minimum Gasteiger partial charge on any atom is -0.469 e. The van der Waals surface area contributed by atoms with Crippen molar-refractivity contribution in [1.29, 1.82) is 0 Å². The standard InChI is InChI=1S/C22H14F2N2O5S.C5H4O2/c23-21(24)30-14-6-4-13(5-7-14)22(28)16(11-15-2-1-9-29-15)19(20(27)31-22)12-3-8-17-18(10-12)26-32-25-17;6-4-5-2-1-3-7-5/h1-10,21,28H,11H2;1-4H. The molecule has 0 amide bonds. The van der Waals surface area contributed by atoms with Gasteiger partial charge in [-0.15, -0.1) is 0 Å². The lowest BCUT2D eigenvalue weighted by molar-refractivity contribution is -0.185. The second-order valence-electron chi connectivity index (χ2n) is 8.15. The van der Waals surface area contributed by atoms with Crippen LogP contribution in [-0.2, 0) is 21.7 Å². The van der Waals surface area contributed by atoms with Crippen LogP contribution in [0.4, 0.5) is 8.78 Å². The predicted molar refractivity (Wildman–Crippen MR) is 134 cm³/mol. The summed E-state index contributed by atoms with van der Waals surface area (Å²) in [7, 11) is 0. The van der Waals surface area contributed by atoms with Crippen LogP contribution in [0.3, 0.4) is 0 Å². The number of aldehydes is 1. The molecule has 1 N–H and O–H groups in total. The van der Waals surface area contributed by atoms with Crippen molar-refractivity contribution < 1.29 is 41.8 Å². The van der Waals surface area contributed by atoms with E-state index < -0.39 is 18.4 Å². The number of aromatic nitrogens is 2. The molecule has 39 heavy (non-hydrogen) atoms. The molecule has 1 aliphatic rings. The number of hydrogen-bond acceptors (Lipinski definition) is 10. The number of fused-ring (bicyclic) bond motifs is 1. The second-order valence-corrected chi connectivity index (χ2v) is 8.68. The van der Waals surface area contributed by atoms with Crippen molar-refractivity contribution in [3.05, 3.63) is 107 Å². The van der Waals surface area contributed by atoms with Gasteiger partial charge in [-0.3, -0.25) is 4.79 Å². The summed E-state index contributed by atoms with van der Waals surface area (Å²) in [6, 6.07) is 17.1. The molecule has 198 valence electrons. The van der Waals surface area contributed by atoms with Gasteiger partial charge in [0.15, 0.2) is 12.0 Å². The summed E-state index contributed by atoms with van der Waals surface area (Å²) in [6.07, 6.45) is 3.69. The highest BCUT2D eigenvalue weighted by molar-refractivity contribution is 7.00. The van der Waals surface area contributed by atoms with Gasteiger partial charge in [-0.25, -0.2) is 4.79 Å². The van der Waals surface area contributed by atoms with Crippen LogP contribution in [0.5, 0.6) is 5.75 Å². The van der Waals surface area contributed by atoms with Crippen LogP contribution >= 0.6 is 11.7 Å². The Morgan fingerprint density at radius 3 is 2.38 bits per heavy atom. The second kappa shape index (κ2) is 11.0. The number of hydrogen-bond donors (Lipinski definition) is 1. The van der Waals surface area contributed by atoms with E-state index in [0.717, 1.165) is 11.7 Å². The molecule has 0 bridgehead atoms. The minimum atomic E-state index is -2.98. The molecular weight excluding hydrogens is 534 g/mol. The molecule has 0 fully saturated rings. The summed E-state index contributed by atoms with van der Waals surface area (Å²) in [5.74, 6) is -2.07. The zero-order valence-corrected chi connectivity index (χ0v) is 20.6. The van der Waals surface area contributed by atoms with E-state index in [2.05, 4.69) is 17.9 Å². The third kappa shape index (κ3) is 5.47. The van der Waals surface area contributed by atoms with Crippen molar-refractivity contribution in [2.24, 2.45) is 0 Å². The smallest absolute Gasteiger partial charge is 0.387 e. The number of furan rings is 2. The highest BCUT2D eigenvalue weighted by Crippen LogP contribution is 2.45. The Bertz CT molecular complexity index is 1610. The van der Waals surface area contributed by atoms with Crippen molar-refractivity contribution in [2.75, 3.05) is 0 Å². The maximum Gasteiger partial charge on any atom is 0.387 e. The maximum atomic E-state index is 13.0. The third-order valence-electron chi connectivity index (χ3n) is 5.76. The zero-order valence-electron chi connectivity index (χ0n) is 19.8. The first-order valence-corrected chi connectivity index (χ1v) is 12.1. The van der Waals surface area contributed by atoms with E-state index in [4.69, 9.17) is 9.15 Å². The monoisotopic (exact) mass is 552 g/mol. The zero-order chi connectivity index (χ0) is 27.4. The molecule has 5 aromatic rings. The highest BCUT2D eigenvalue weighted by Gasteiger charge is 2.48. The lowest BCUT2D eigenvalue weighted by Gasteiger charge is -2.25. The van der Waals surface area contributed by atoms with E-state index in [0.29, 0.717) is 34.4 Å². The topological polar surface area (TPSA) is 125 Å². The summed E-state index contributed by atoms with van der Waals surface area (Å²) in [4.78, 5) is 22.7. The predicted octanol–water partition coefficient (Wildman–Crippen LogP) is 5.38. The van der Waals surface area contributed by atoms with Crippen LogP contribution in [0.15, 0.2) is 93.7 Å². The van der Waals surface area contributed by atoms with Gasteiger partial charge in [-0.05, 0) is 66.2 Å². The fraction of sp³-hybridized carbons (Fsp3) is 0.111. The average molecular weight is 553 g/mol. The highest BCUT2D eigenvalue weighted by atomic mass is 32.1. The number of esters is 1. The minimum absolute atomic E-state index is 0.0766. The van der Waals surface area contributed by atoms with E-state index >= 15 is 0 Å². The molecule has 9 nitrogen and oxygen atoms in total. The number of aliphatic hydroxyl groups is 1. The van der Waals surface area contributed by atoms with E-state index in [9.17, 15) is 23.5 Å². The van der Waals surface area contributed by atoms with Crippen molar-refractivity contribution in [3.8, 4) is 5.75 Å². The molecule has 4 heterocycles. The van der Waals surface area contributed by atoms with Crippen LogP contribution < -0.4 is 4.74 Å². The van der Waals surface area contributed by atoms with Gasteiger partial charge in [0.2, 0.25) is 0 Å². The van der Waals surface area contributed by atoms with Crippen molar-refractivity contribution in [1.82, 2.24) is 8.75 Å². The summed E-state index contributed by atoms with van der Waals surface area (Å²) in [5, 5.41) is 11.5. The molecule has 1 aliphatic heterocycles. The molecule has 1 atom stereocenters. The van der Waals surface area contributed by atoms with Crippen LogP contribution in [0.25, 0.3) is 16.6 Å². The number of nitrogens with zero attached hydrogens (tertiary/aromatic N) is 2. The van der Waals surface area contributed by atoms with Crippen LogP contribution in [0.1, 0.15) is 27.4 Å². The summed E-state index contributed by atoms with van der Waals surface area (Å²) in [6.45, 7) is -2.98. The lowest BCUT2D eigenvalue weighted by Crippen LogP contribution is -2.29. The van der Waals surface area contributed by atoms with Crippen molar-refractivity contribution in [2.45, 2.75) is 18.8 Å². The Labute approximate surface area is 223 Å². The van der Waals surface area contributed by atoms with Gasteiger partial charge >= 0.3 is 12.6 Å². The Hall–Kier alpha value is -4.68. The Morgan fingerprint density at radius 2 is 1.74 bits per heavy atom. The van der Waals surface area contributed by atoms with E-state index in [1.807, 2.05) is 0 Å². The Morgan fingerprint density at radius 1 is 1.00 bits per heavy atom. The van der Waals surface area contributed by atoms with Gasteiger partial charge < -0.3 is 23.4 Å². The van der Waals surface area contributed by atoms with Gasteiger partial charge in [0.1, 0.15) is 22.5 Å². The molecule has 1 unspecified atom stereocenters. The summed E-state index contributed by atoms with van der Waals surface area (Å²) >= 11 is 1.05. The number of cyclic esters (lactones) is 1. The molecule has 3 aromatic heterocycles. The SMILES string of the molecule is O=C1OC(O)(c2ccc(OC(F)F)cc2)C(Cc2ccco2)=C1c1ccc2nsnc2c1.O=Cc1ccco1. The maximum absolute atomic E-state index is 13.0. The van der Waals surface area contributed by atoms with Gasteiger partial charge in [-0.1, -0.05) is 6.07 Å². The normalized spacial score (nSPS) is 16.8. The van der Waals surface area contributed by atoms with Gasteiger partial charge in [0.05, 0.1) is 29.8 Å². The van der Waals surface area contributed by atoms with Gasteiger partial charge in [0.25, 0.3) is 5.79 Å². The quantitative estimate of drug-likeness (QED) is 0.209.